The lowest BCUT2D eigenvalue weighted by atomic mass is 9.85. The highest BCUT2D eigenvalue weighted by Gasteiger charge is 2.19. The molecule has 2 nitrogen and oxygen atoms in total. The van der Waals surface area contributed by atoms with Crippen LogP contribution in [0.15, 0.2) is 24.3 Å². The molecule has 0 spiro atoms. The van der Waals surface area contributed by atoms with Crippen LogP contribution in [0.25, 0.3) is 0 Å². The number of aryl methyl sites for hydroxylation is 1. The van der Waals surface area contributed by atoms with Crippen molar-refractivity contribution < 1.29 is 0 Å². The van der Waals surface area contributed by atoms with Gasteiger partial charge in [-0.25, -0.2) is 0 Å². The average molecular weight is 274 g/mol. The lowest BCUT2D eigenvalue weighted by molar-refractivity contribution is 0.229. The van der Waals surface area contributed by atoms with E-state index in [1.54, 1.807) is 0 Å². The largest absolute Gasteiger partial charge is 0.316 e. The van der Waals surface area contributed by atoms with Crippen LogP contribution in [0.2, 0.25) is 0 Å². The highest BCUT2D eigenvalue weighted by Crippen LogP contribution is 2.22. The number of hydrogen-bond acceptors (Lipinski definition) is 2. The van der Waals surface area contributed by atoms with E-state index in [1.165, 1.54) is 50.0 Å². The van der Waals surface area contributed by atoms with Gasteiger partial charge in [0, 0.05) is 6.54 Å². The zero-order valence-electron chi connectivity index (χ0n) is 13.4. The molecule has 1 heterocycles. The first kappa shape index (κ1) is 15.5. The van der Waals surface area contributed by atoms with Gasteiger partial charge in [-0.1, -0.05) is 36.8 Å². The molecule has 1 aromatic carbocycles. The summed E-state index contributed by atoms with van der Waals surface area (Å²) in [5.74, 6) is 1.72. The minimum atomic E-state index is 0.836. The lowest BCUT2D eigenvalue weighted by Crippen LogP contribution is -2.34. The van der Waals surface area contributed by atoms with Crippen molar-refractivity contribution in [1.29, 1.82) is 0 Å². The third-order valence-electron chi connectivity index (χ3n) is 4.68. The number of piperidine rings is 1. The van der Waals surface area contributed by atoms with Crippen molar-refractivity contribution >= 4 is 0 Å². The molecule has 0 radical (unpaired) electrons. The van der Waals surface area contributed by atoms with E-state index in [0.717, 1.165) is 18.4 Å². The minimum absolute atomic E-state index is 0.836. The molecule has 1 saturated heterocycles. The van der Waals surface area contributed by atoms with Crippen LogP contribution in [0.4, 0.5) is 0 Å². The predicted octanol–water partition coefficient (Wildman–Crippen LogP) is 3.45. The molecule has 2 rings (SSSR count). The molecule has 1 N–H and O–H groups in total. The van der Waals surface area contributed by atoms with Crippen LogP contribution in [0.1, 0.15) is 37.3 Å². The summed E-state index contributed by atoms with van der Waals surface area (Å²) < 4.78 is 0. The molecule has 0 aromatic heterocycles. The van der Waals surface area contributed by atoms with Gasteiger partial charge in [0.1, 0.15) is 0 Å². The highest BCUT2D eigenvalue weighted by atomic mass is 15.1. The van der Waals surface area contributed by atoms with Crippen LogP contribution in [0, 0.1) is 18.8 Å². The fourth-order valence-corrected chi connectivity index (χ4v) is 3.11. The molecular formula is C18H30N2. The van der Waals surface area contributed by atoms with E-state index in [0.29, 0.717) is 0 Å². The third-order valence-corrected chi connectivity index (χ3v) is 4.68. The van der Waals surface area contributed by atoms with Crippen LogP contribution in [0.5, 0.6) is 0 Å². The van der Waals surface area contributed by atoms with Gasteiger partial charge in [-0.3, -0.25) is 0 Å². The Kier molecular flexibility index (Phi) is 6.06. The van der Waals surface area contributed by atoms with Crippen molar-refractivity contribution in [2.75, 3.05) is 26.7 Å². The molecule has 112 valence electrons. The summed E-state index contributed by atoms with van der Waals surface area (Å²) in [6.07, 6.45) is 4.08. The van der Waals surface area contributed by atoms with Crippen molar-refractivity contribution in [2.24, 2.45) is 11.8 Å². The lowest BCUT2D eigenvalue weighted by Gasteiger charge is -2.29. The quantitative estimate of drug-likeness (QED) is 0.854. The zero-order valence-corrected chi connectivity index (χ0v) is 13.4. The molecular weight excluding hydrogens is 244 g/mol. The molecule has 1 fully saturated rings. The maximum absolute atomic E-state index is 3.53. The van der Waals surface area contributed by atoms with E-state index in [2.05, 4.69) is 55.4 Å². The van der Waals surface area contributed by atoms with Crippen LogP contribution in [0.3, 0.4) is 0 Å². The van der Waals surface area contributed by atoms with E-state index in [4.69, 9.17) is 0 Å². The highest BCUT2D eigenvalue weighted by molar-refractivity contribution is 5.21. The molecule has 1 aliphatic heterocycles. The van der Waals surface area contributed by atoms with Gasteiger partial charge < -0.3 is 10.2 Å². The van der Waals surface area contributed by atoms with Crippen LogP contribution in [-0.4, -0.2) is 31.6 Å². The van der Waals surface area contributed by atoms with Crippen molar-refractivity contribution in [2.45, 2.75) is 39.7 Å². The smallest absolute Gasteiger partial charge is 0.0230 e. The van der Waals surface area contributed by atoms with Crippen LogP contribution < -0.4 is 5.32 Å². The summed E-state index contributed by atoms with van der Waals surface area (Å²) in [5.41, 5.74) is 2.76. The SMILES string of the molecule is Cc1ccc(CN(C)CCC(C)C2CCCNC2)cc1. The normalized spacial score (nSPS) is 21.1. The maximum Gasteiger partial charge on any atom is 0.0230 e. The second-order valence-electron chi connectivity index (χ2n) is 6.60. The van der Waals surface area contributed by atoms with Crippen molar-refractivity contribution in [3.63, 3.8) is 0 Å². The molecule has 1 aromatic rings. The number of nitrogens with zero attached hydrogens (tertiary/aromatic N) is 1. The van der Waals surface area contributed by atoms with Crippen molar-refractivity contribution in [3.8, 4) is 0 Å². The van der Waals surface area contributed by atoms with Gasteiger partial charge in [-0.15, -0.1) is 0 Å². The van der Waals surface area contributed by atoms with Gasteiger partial charge in [0.25, 0.3) is 0 Å². The summed E-state index contributed by atoms with van der Waals surface area (Å²) >= 11 is 0. The maximum atomic E-state index is 3.53. The summed E-state index contributed by atoms with van der Waals surface area (Å²) in [5, 5.41) is 3.53. The molecule has 2 heteroatoms. The Hall–Kier alpha value is -0.860. The molecule has 2 unspecified atom stereocenters. The summed E-state index contributed by atoms with van der Waals surface area (Å²) in [6.45, 7) is 9.28. The number of rotatable bonds is 6. The Balaban J connectivity index is 1.71. The predicted molar refractivity (Wildman–Crippen MR) is 86.9 cm³/mol. The molecule has 1 aliphatic rings. The number of benzene rings is 1. The van der Waals surface area contributed by atoms with Crippen molar-refractivity contribution in [3.05, 3.63) is 35.4 Å². The Labute approximate surface area is 124 Å². The van der Waals surface area contributed by atoms with Gasteiger partial charge >= 0.3 is 0 Å². The topological polar surface area (TPSA) is 15.3 Å². The molecule has 0 aliphatic carbocycles. The van der Waals surface area contributed by atoms with Crippen LogP contribution in [-0.2, 0) is 6.54 Å². The first-order valence-corrected chi connectivity index (χ1v) is 8.10. The summed E-state index contributed by atoms with van der Waals surface area (Å²) in [7, 11) is 2.24. The molecule has 20 heavy (non-hydrogen) atoms. The van der Waals surface area contributed by atoms with E-state index in [1.807, 2.05) is 0 Å². The standard InChI is InChI=1S/C18H30N2/c1-15-6-8-17(9-7-15)14-20(3)12-10-16(2)18-5-4-11-19-13-18/h6-9,16,18-19H,4-5,10-14H2,1-3H3. The first-order valence-electron chi connectivity index (χ1n) is 8.10. The zero-order chi connectivity index (χ0) is 14.4. The van der Waals surface area contributed by atoms with E-state index in [-0.39, 0.29) is 0 Å². The molecule has 0 saturated carbocycles. The fourth-order valence-electron chi connectivity index (χ4n) is 3.11. The number of hydrogen-bond donors (Lipinski definition) is 1. The van der Waals surface area contributed by atoms with Gasteiger partial charge in [-0.05, 0) is 70.3 Å². The minimum Gasteiger partial charge on any atom is -0.316 e. The average Bonchev–Trinajstić information content (AvgIpc) is 2.48. The molecule has 0 amide bonds. The van der Waals surface area contributed by atoms with Gasteiger partial charge in [-0.2, -0.15) is 0 Å². The summed E-state index contributed by atoms with van der Waals surface area (Å²) in [6, 6.07) is 8.92. The van der Waals surface area contributed by atoms with Gasteiger partial charge in [0.05, 0.1) is 0 Å². The van der Waals surface area contributed by atoms with Gasteiger partial charge in [0.2, 0.25) is 0 Å². The van der Waals surface area contributed by atoms with E-state index < -0.39 is 0 Å². The molecule has 0 bridgehead atoms. The van der Waals surface area contributed by atoms with Crippen molar-refractivity contribution in [1.82, 2.24) is 10.2 Å². The molecule has 2 atom stereocenters. The Bertz CT molecular complexity index is 379. The van der Waals surface area contributed by atoms with E-state index in [9.17, 15) is 0 Å². The third kappa shape index (κ3) is 4.92. The second kappa shape index (κ2) is 7.80. The second-order valence-corrected chi connectivity index (χ2v) is 6.60. The Morgan fingerprint density at radius 3 is 2.70 bits per heavy atom. The summed E-state index contributed by atoms with van der Waals surface area (Å²) in [4.78, 5) is 2.46. The fraction of sp³-hybridized carbons (Fsp3) is 0.667. The van der Waals surface area contributed by atoms with Gasteiger partial charge in [0.15, 0.2) is 0 Å². The van der Waals surface area contributed by atoms with Crippen LogP contribution >= 0.6 is 0 Å². The Morgan fingerprint density at radius 2 is 2.05 bits per heavy atom. The first-order chi connectivity index (χ1) is 9.65. The Morgan fingerprint density at radius 1 is 1.30 bits per heavy atom. The monoisotopic (exact) mass is 274 g/mol. The van der Waals surface area contributed by atoms with E-state index >= 15 is 0 Å². The number of nitrogens with one attached hydrogen (secondary N) is 1.